The first kappa shape index (κ1) is 14.7. The van der Waals surface area contributed by atoms with Crippen LogP contribution >= 0.6 is 0 Å². The molecule has 0 saturated heterocycles. The number of anilines is 2. The molecule has 0 aliphatic carbocycles. The van der Waals surface area contributed by atoms with Crippen molar-refractivity contribution >= 4 is 11.6 Å². The molecule has 1 aromatic heterocycles. The summed E-state index contributed by atoms with van der Waals surface area (Å²) in [5.41, 5.74) is 0. The quantitative estimate of drug-likeness (QED) is 0.754. The second-order valence-corrected chi connectivity index (χ2v) is 5.00. The molecule has 0 aliphatic rings. The lowest BCUT2D eigenvalue weighted by molar-refractivity contribution is 0.695. The Balaban J connectivity index is 2.82. The largest absolute Gasteiger partial charge is 0.373 e. The van der Waals surface area contributed by atoms with E-state index in [4.69, 9.17) is 0 Å². The maximum atomic E-state index is 4.63. The molecule has 0 unspecified atom stereocenters. The van der Waals surface area contributed by atoms with Gasteiger partial charge in [-0.1, -0.05) is 33.6 Å². The number of hydrogen-bond acceptors (Lipinski definition) is 4. The van der Waals surface area contributed by atoms with Crippen molar-refractivity contribution < 1.29 is 0 Å². The van der Waals surface area contributed by atoms with Crippen LogP contribution in [-0.2, 0) is 0 Å². The first-order valence-corrected chi connectivity index (χ1v) is 6.86. The maximum absolute atomic E-state index is 4.63. The molecule has 0 amide bonds. The molecule has 0 atom stereocenters. The van der Waals surface area contributed by atoms with E-state index >= 15 is 0 Å². The standard InChI is InChI=1S/C14H26N4/c1-6-7-8-9-18(5)13-10-12(15-4)16-14(17-13)11(2)3/h10-11H,6-9H2,1-5H3,(H,15,16,17). The van der Waals surface area contributed by atoms with Crippen molar-refractivity contribution in [2.75, 3.05) is 30.9 Å². The monoisotopic (exact) mass is 250 g/mol. The van der Waals surface area contributed by atoms with Crippen LogP contribution in [0.25, 0.3) is 0 Å². The molecule has 0 fully saturated rings. The van der Waals surface area contributed by atoms with Gasteiger partial charge in [0, 0.05) is 32.6 Å². The van der Waals surface area contributed by atoms with Gasteiger partial charge in [-0.3, -0.25) is 0 Å². The molecule has 0 aliphatic heterocycles. The van der Waals surface area contributed by atoms with E-state index in [0.29, 0.717) is 5.92 Å². The van der Waals surface area contributed by atoms with Crippen molar-refractivity contribution in [3.8, 4) is 0 Å². The van der Waals surface area contributed by atoms with Crippen molar-refractivity contribution in [2.24, 2.45) is 0 Å². The van der Waals surface area contributed by atoms with Crippen molar-refractivity contribution in [1.29, 1.82) is 0 Å². The number of hydrogen-bond donors (Lipinski definition) is 1. The molecule has 0 radical (unpaired) electrons. The van der Waals surface area contributed by atoms with Crippen LogP contribution in [0.3, 0.4) is 0 Å². The number of rotatable bonds is 7. The molecule has 0 spiro atoms. The molecule has 1 N–H and O–H groups in total. The van der Waals surface area contributed by atoms with Gasteiger partial charge in [0.1, 0.15) is 17.5 Å². The summed E-state index contributed by atoms with van der Waals surface area (Å²) in [5, 5.41) is 3.11. The Hall–Kier alpha value is -1.32. The molecule has 1 aromatic rings. The summed E-state index contributed by atoms with van der Waals surface area (Å²) in [6.45, 7) is 7.51. The smallest absolute Gasteiger partial charge is 0.135 e. The van der Waals surface area contributed by atoms with Crippen molar-refractivity contribution in [3.05, 3.63) is 11.9 Å². The van der Waals surface area contributed by atoms with Crippen molar-refractivity contribution in [2.45, 2.75) is 46.0 Å². The number of nitrogens with zero attached hydrogens (tertiary/aromatic N) is 3. The van der Waals surface area contributed by atoms with Crippen LogP contribution in [0.5, 0.6) is 0 Å². The number of nitrogens with one attached hydrogen (secondary N) is 1. The summed E-state index contributed by atoms with van der Waals surface area (Å²) in [6, 6.07) is 2.01. The highest BCUT2D eigenvalue weighted by atomic mass is 15.2. The average molecular weight is 250 g/mol. The van der Waals surface area contributed by atoms with Crippen LogP contribution in [0.4, 0.5) is 11.6 Å². The number of unbranched alkanes of at least 4 members (excludes halogenated alkanes) is 2. The SMILES string of the molecule is CCCCCN(C)c1cc(NC)nc(C(C)C)n1. The second-order valence-electron chi connectivity index (χ2n) is 5.00. The minimum absolute atomic E-state index is 0.348. The highest BCUT2D eigenvalue weighted by molar-refractivity contribution is 5.48. The highest BCUT2D eigenvalue weighted by Gasteiger charge is 2.10. The van der Waals surface area contributed by atoms with E-state index in [-0.39, 0.29) is 0 Å². The second kappa shape index (κ2) is 7.19. The van der Waals surface area contributed by atoms with Crippen LogP contribution < -0.4 is 10.2 Å². The van der Waals surface area contributed by atoms with E-state index < -0.39 is 0 Å². The van der Waals surface area contributed by atoms with E-state index in [0.717, 1.165) is 24.0 Å². The van der Waals surface area contributed by atoms with Gasteiger partial charge in [0.2, 0.25) is 0 Å². The lowest BCUT2D eigenvalue weighted by Crippen LogP contribution is -2.21. The first-order chi connectivity index (χ1) is 8.58. The van der Waals surface area contributed by atoms with Crippen molar-refractivity contribution in [1.82, 2.24) is 9.97 Å². The molecular weight excluding hydrogens is 224 g/mol. The van der Waals surface area contributed by atoms with Crippen LogP contribution in [0.2, 0.25) is 0 Å². The Morgan fingerprint density at radius 3 is 2.56 bits per heavy atom. The summed E-state index contributed by atoms with van der Waals surface area (Å²) in [5.74, 6) is 3.15. The summed E-state index contributed by atoms with van der Waals surface area (Å²) < 4.78 is 0. The van der Waals surface area contributed by atoms with E-state index in [1.54, 1.807) is 0 Å². The molecule has 4 nitrogen and oxygen atoms in total. The lowest BCUT2D eigenvalue weighted by atomic mass is 10.2. The lowest BCUT2D eigenvalue weighted by Gasteiger charge is -2.20. The average Bonchev–Trinajstić information content (AvgIpc) is 2.38. The Labute approximate surface area is 111 Å². The van der Waals surface area contributed by atoms with E-state index in [2.05, 4.69) is 48.0 Å². The fourth-order valence-corrected chi connectivity index (χ4v) is 1.75. The van der Waals surface area contributed by atoms with Gasteiger partial charge in [0.25, 0.3) is 0 Å². The van der Waals surface area contributed by atoms with Gasteiger partial charge in [-0.25, -0.2) is 9.97 Å². The van der Waals surface area contributed by atoms with Gasteiger partial charge in [-0.2, -0.15) is 0 Å². The molecular formula is C14H26N4. The van der Waals surface area contributed by atoms with Crippen molar-refractivity contribution in [3.63, 3.8) is 0 Å². The van der Waals surface area contributed by atoms with Gasteiger partial charge in [0.15, 0.2) is 0 Å². The minimum atomic E-state index is 0.348. The van der Waals surface area contributed by atoms with Gasteiger partial charge in [0.05, 0.1) is 0 Å². The Kier molecular flexibility index (Phi) is 5.89. The van der Waals surface area contributed by atoms with Crippen LogP contribution in [-0.4, -0.2) is 30.6 Å². The van der Waals surface area contributed by atoms with Crippen LogP contribution in [0, 0.1) is 0 Å². The Morgan fingerprint density at radius 2 is 2.00 bits per heavy atom. The molecule has 0 saturated carbocycles. The fourth-order valence-electron chi connectivity index (χ4n) is 1.75. The van der Waals surface area contributed by atoms with Gasteiger partial charge < -0.3 is 10.2 Å². The summed E-state index contributed by atoms with van der Waals surface area (Å²) in [7, 11) is 3.99. The normalized spacial score (nSPS) is 10.8. The maximum Gasteiger partial charge on any atom is 0.135 e. The van der Waals surface area contributed by atoms with Gasteiger partial charge in [-0.15, -0.1) is 0 Å². The predicted molar refractivity (Wildman–Crippen MR) is 78.5 cm³/mol. The van der Waals surface area contributed by atoms with E-state index in [1.165, 1.54) is 19.3 Å². The van der Waals surface area contributed by atoms with E-state index in [1.807, 2.05) is 13.1 Å². The zero-order valence-corrected chi connectivity index (χ0v) is 12.3. The summed E-state index contributed by atoms with van der Waals surface area (Å²) >= 11 is 0. The number of aromatic nitrogens is 2. The Morgan fingerprint density at radius 1 is 1.28 bits per heavy atom. The van der Waals surface area contributed by atoms with Gasteiger partial charge in [-0.05, 0) is 6.42 Å². The topological polar surface area (TPSA) is 41.0 Å². The third-order valence-corrected chi connectivity index (χ3v) is 2.99. The third kappa shape index (κ3) is 4.17. The highest BCUT2D eigenvalue weighted by Crippen LogP contribution is 2.19. The zero-order valence-electron chi connectivity index (χ0n) is 12.3. The predicted octanol–water partition coefficient (Wildman–Crippen LogP) is 3.27. The van der Waals surface area contributed by atoms with Gasteiger partial charge >= 0.3 is 0 Å². The first-order valence-electron chi connectivity index (χ1n) is 6.86. The molecule has 102 valence electrons. The molecule has 1 rings (SSSR count). The molecule has 0 bridgehead atoms. The van der Waals surface area contributed by atoms with E-state index in [9.17, 15) is 0 Å². The van der Waals surface area contributed by atoms with Crippen LogP contribution in [0.1, 0.15) is 51.8 Å². The Bertz CT molecular complexity index is 363. The molecule has 1 heterocycles. The fraction of sp³-hybridized carbons (Fsp3) is 0.714. The summed E-state index contributed by atoms with van der Waals surface area (Å²) in [6.07, 6.45) is 3.73. The molecule has 18 heavy (non-hydrogen) atoms. The summed E-state index contributed by atoms with van der Waals surface area (Å²) in [4.78, 5) is 11.3. The third-order valence-electron chi connectivity index (χ3n) is 2.99. The van der Waals surface area contributed by atoms with Crippen LogP contribution in [0.15, 0.2) is 6.07 Å². The molecule has 4 heteroatoms. The minimum Gasteiger partial charge on any atom is -0.373 e. The molecule has 0 aromatic carbocycles. The zero-order chi connectivity index (χ0) is 13.5.